The summed E-state index contributed by atoms with van der Waals surface area (Å²) >= 11 is 0. The first kappa shape index (κ1) is 19.6. The van der Waals surface area contributed by atoms with Crippen molar-refractivity contribution >= 4 is 23.2 Å². The fourth-order valence-corrected chi connectivity index (χ4v) is 3.81. The highest BCUT2D eigenvalue weighted by Gasteiger charge is 2.37. The molecule has 3 heterocycles. The van der Waals surface area contributed by atoms with Gasteiger partial charge < -0.3 is 15.0 Å². The average molecular weight is 399 g/mol. The number of halogens is 1. The molecule has 2 aromatic rings. The first-order valence-corrected chi connectivity index (χ1v) is 10.2. The van der Waals surface area contributed by atoms with Crippen LogP contribution in [0.5, 0.6) is 0 Å². The molecule has 0 bridgehead atoms. The van der Waals surface area contributed by atoms with Gasteiger partial charge in [0.25, 0.3) is 0 Å². The van der Waals surface area contributed by atoms with Gasteiger partial charge in [0.15, 0.2) is 11.6 Å². The number of carbonyl (C=O) groups is 1. The van der Waals surface area contributed by atoms with E-state index in [0.29, 0.717) is 55.6 Å². The standard InChI is InChI=1S/C21H26FN5O2/c1-2-3-8-17-21(28)27(13-15-6-4-5-7-16(15)22)18-19(25-17)23-14-24-20(18)26-9-11-29-12-10-26/h4-7,14,17H,2-3,8-13H2,1H3,(H,23,24,25)/t17-/m0/s1. The van der Waals surface area contributed by atoms with Crippen LogP contribution in [0.15, 0.2) is 30.6 Å². The quantitative estimate of drug-likeness (QED) is 0.805. The molecule has 29 heavy (non-hydrogen) atoms. The maximum atomic E-state index is 14.4. The van der Waals surface area contributed by atoms with Crippen molar-refractivity contribution in [1.29, 1.82) is 0 Å². The number of benzene rings is 1. The van der Waals surface area contributed by atoms with Crippen molar-refractivity contribution in [2.75, 3.05) is 41.4 Å². The molecule has 1 fully saturated rings. The Morgan fingerprint density at radius 2 is 2.03 bits per heavy atom. The molecule has 0 aliphatic carbocycles. The molecule has 0 unspecified atom stereocenters. The lowest BCUT2D eigenvalue weighted by atomic mass is 10.0. The fourth-order valence-electron chi connectivity index (χ4n) is 3.81. The minimum atomic E-state index is -0.373. The van der Waals surface area contributed by atoms with Crippen LogP contribution in [0, 0.1) is 5.82 Å². The zero-order valence-electron chi connectivity index (χ0n) is 16.6. The van der Waals surface area contributed by atoms with Gasteiger partial charge in [0.05, 0.1) is 19.8 Å². The molecular formula is C21H26FN5O2. The smallest absolute Gasteiger partial charge is 0.250 e. The Kier molecular flexibility index (Phi) is 5.89. The summed E-state index contributed by atoms with van der Waals surface area (Å²) in [5, 5.41) is 3.30. The number of aromatic nitrogens is 2. The number of hydrogen-bond acceptors (Lipinski definition) is 6. The van der Waals surface area contributed by atoms with Crippen LogP contribution in [0.3, 0.4) is 0 Å². The number of nitrogens with zero attached hydrogens (tertiary/aromatic N) is 4. The van der Waals surface area contributed by atoms with Gasteiger partial charge in [-0.1, -0.05) is 38.0 Å². The van der Waals surface area contributed by atoms with Gasteiger partial charge in [0.2, 0.25) is 5.91 Å². The lowest BCUT2D eigenvalue weighted by molar-refractivity contribution is -0.119. The lowest BCUT2D eigenvalue weighted by Gasteiger charge is -2.38. The molecule has 0 saturated carbocycles. The predicted molar refractivity (Wildman–Crippen MR) is 110 cm³/mol. The zero-order valence-corrected chi connectivity index (χ0v) is 16.6. The van der Waals surface area contributed by atoms with Crippen LogP contribution in [0.4, 0.5) is 21.7 Å². The number of ether oxygens (including phenoxy) is 1. The number of hydrogen-bond donors (Lipinski definition) is 1. The molecule has 1 amide bonds. The summed E-state index contributed by atoms with van der Waals surface area (Å²) in [6, 6.07) is 6.19. The average Bonchev–Trinajstić information content (AvgIpc) is 2.76. The summed E-state index contributed by atoms with van der Waals surface area (Å²) < 4.78 is 19.8. The number of anilines is 3. The fraction of sp³-hybridized carbons (Fsp3) is 0.476. The summed E-state index contributed by atoms with van der Waals surface area (Å²) in [6.07, 6.45) is 4.14. The van der Waals surface area contributed by atoms with Crippen molar-refractivity contribution in [3.63, 3.8) is 0 Å². The molecule has 7 nitrogen and oxygen atoms in total. The second-order valence-corrected chi connectivity index (χ2v) is 7.35. The second-order valence-electron chi connectivity index (χ2n) is 7.35. The van der Waals surface area contributed by atoms with Crippen molar-refractivity contribution in [2.45, 2.75) is 38.8 Å². The van der Waals surface area contributed by atoms with Crippen molar-refractivity contribution in [2.24, 2.45) is 0 Å². The molecule has 2 aliphatic heterocycles. The van der Waals surface area contributed by atoms with Gasteiger partial charge in [-0.2, -0.15) is 0 Å². The molecule has 1 saturated heterocycles. The first-order valence-electron chi connectivity index (χ1n) is 10.2. The highest BCUT2D eigenvalue weighted by atomic mass is 19.1. The molecule has 1 aromatic heterocycles. The Balaban J connectivity index is 1.75. The largest absolute Gasteiger partial charge is 0.378 e. The Bertz CT molecular complexity index is 872. The van der Waals surface area contributed by atoms with Crippen LogP contribution in [-0.4, -0.2) is 48.2 Å². The SMILES string of the molecule is CCCC[C@@H]1Nc2ncnc(N3CCOCC3)c2N(Cc2ccccc2F)C1=O. The number of carbonyl (C=O) groups excluding carboxylic acids is 1. The van der Waals surface area contributed by atoms with Crippen molar-refractivity contribution in [1.82, 2.24) is 9.97 Å². The number of fused-ring (bicyclic) bond motifs is 1. The number of rotatable bonds is 6. The summed E-state index contributed by atoms with van der Waals surface area (Å²) in [5.74, 6) is 0.914. The molecule has 4 rings (SSSR count). The van der Waals surface area contributed by atoms with E-state index in [2.05, 4.69) is 27.1 Å². The normalized spacial score (nSPS) is 19.1. The highest BCUT2D eigenvalue weighted by Crippen LogP contribution is 2.39. The van der Waals surface area contributed by atoms with E-state index >= 15 is 0 Å². The van der Waals surface area contributed by atoms with E-state index in [0.717, 1.165) is 12.8 Å². The molecule has 2 aliphatic rings. The van der Waals surface area contributed by atoms with E-state index in [1.54, 1.807) is 23.1 Å². The summed E-state index contributed by atoms with van der Waals surface area (Å²) in [4.78, 5) is 26.0. The number of unbranched alkanes of at least 4 members (excludes halogenated alkanes) is 1. The molecule has 8 heteroatoms. The summed E-state index contributed by atoms with van der Waals surface area (Å²) in [7, 11) is 0. The third-order valence-electron chi connectivity index (χ3n) is 5.39. The van der Waals surface area contributed by atoms with Gasteiger partial charge >= 0.3 is 0 Å². The molecule has 1 atom stereocenters. The number of amides is 1. The van der Waals surface area contributed by atoms with Crippen molar-refractivity contribution < 1.29 is 13.9 Å². The van der Waals surface area contributed by atoms with Gasteiger partial charge in [0.1, 0.15) is 23.9 Å². The van der Waals surface area contributed by atoms with Gasteiger partial charge in [0, 0.05) is 18.7 Å². The highest BCUT2D eigenvalue weighted by molar-refractivity contribution is 6.06. The Labute approximate surface area is 169 Å². The van der Waals surface area contributed by atoms with Crippen LogP contribution in [0.1, 0.15) is 31.7 Å². The van der Waals surface area contributed by atoms with E-state index in [9.17, 15) is 9.18 Å². The number of morpholine rings is 1. The van der Waals surface area contributed by atoms with E-state index in [-0.39, 0.29) is 24.3 Å². The third kappa shape index (κ3) is 4.03. The minimum Gasteiger partial charge on any atom is -0.378 e. The molecule has 1 aromatic carbocycles. The van der Waals surface area contributed by atoms with Crippen LogP contribution in [0.2, 0.25) is 0 Å². The topological polar surface area (TPSA) is 70.6 Å². The van der Waals surface area contributed by atoms with Crippen LogP contribution < -0.4 is 15.1 Å². The predicted octanol–water partition coefficient (Wildman–Crippen LogP) is 2.97. The summed E-state index contributed by atoms with van der Waals surface area (Å²) in [6.45, 7) is 4.82. The molecular weight excluding hydrogens is 373 g/mol. The second kappa shape index (κ2) is 8.73. The molecule has 0 radical (unpaired) electrons. The van der Waals surface area contributed by atoms with Gasteiger partial charge in [-0.05, 0) is 12.5 Å². The van der Waals surface area contributed by atoms with Crippen LogP contribution in [0.25, 0.3) is 0 Å². The zero-order chi connectivity index (χ0) is 20.2. The molecule has 154 valence electrons. The Hall–Kier alpha value is -2.74. The van der Waals surface area contributed by atoms with Crippen LogP contribution >= 0.6 is 0 Å². The summed E-state index contributed by atoms with van der Waals surface area (Å²) in [5.41, 5.74) is 1.09. The van der Waals surface area contributed by atoms with Gasteiger partial charge in [-0.3, -0.25) is 9.69 Å². The van der Waals surface area contributed by atoms with E-state index < -0.39 is 0 Å². The lowest BCUT2D eigenvalue weighted by Crippen LogP contribution is -2.48. The van der Waals surface area contributed by atoms with E-state index in [4.69, 9.17) is 4.74 Å². The van der Waals surface area contributed by atoms with E-state index in [1.807, 2.05) is 0 Å². The minimum absolute atomic E-state index is 0.0708. The van der Waals surface area contributed by atoms with Crippen molar-refractivity contribution in [3.05, 3.63) is 42.0 Å². The van der Waals surface area contributed by atoms with Gasteiger partial charge in [-0.25, -0.2) is 14.4 Å². The Morgan fingerprint density at radius 1 is 1.24 bits per heavy atom. The van der Waals surface area contributed by atoms with Gasteiger partial charge in [-0.15, -0.1) is 0 Å². The van der Waals surface area contributed by atoms with Crippen LogP contribution in [-0.2, 0) is 16.1 Å². The van der Waals surface area contributed by atoms with E-state index in [1.165, 1.54) is 12.4 Å². The molecule has 1 N–H and O–H groups in total. The third-order valence-corrected chi connectivity index (χ3v) is 5.39. The monoisotopic (exact) mass is 399 g/mol. The number of nitrogens with one attached hydrogen (secondary N) is 1. The van der Waals surface area contributed by atoms with Crippen molar-refractivity contribution in [3.8, 4) is 0 Å². The first-order chi connectivity index (χ1) is 14.2. The molecule has 0 spiro atoms. The Morgan fingerprint density at radius 3 is 2.79 bits per heavy atom. The maximum absolute atomic E-state index is 14.4. The maximum Gasteiger partial charge on any atom is 0.250 e.